The Morgan fingerprint density at radius 2 is 2.17 bits per heavy atom. The van der Waals surface area contributed by atoms with Crippen molar-refractivity contribution in [1.82, 2.24) is 10.3 Å². The number of anilines is 1. The monoisotopic (exact) mass is 247 g/mol. The average molecular weight is 247 g/mol. The molecule has 2 atom stereocenters. The van der Waals surface area contributed by atoms with E-state index in [4.69, 9.17) is 0 Å². The standard InChI is InChI=1S/C15H25N3/c1-4-14-7-10-18(9-6-13(3)17-14)15-11-16-8-5-12(15)2/h5,8,11,13-14,17H,4,6-7,9-10H2,1-3H3. The largest absolute Gasteiger partial charge is 0.370 e. The van der Waals surface area contributed by atoms with Crippen LogP contribution in [0.4, 0.5) is 5.69 Å². The van der Waals surface area contributed by atoms with E-state index in [1.165, 1.54) is 30.5 Å². The third-order valence-electron chi connectivity index (χ3n) is 3.94. The summed E-state index contributed by atoms with van der Waals surface area (Å²) in [4.78, 5) is 6.78. The van der Waals surface area contributed by atoms with Crippen LogP contribution in [-0.2, 0) is 0 Å². The molecule has 0 aromatic carbocycles. The van der Waals surface area contributed by atoms with Gasteiger partial charge >= 0.3 is 0 Å². The summed E-state index contributed by atoms with van der Waals surface area (Å²) in [5.74, 6) is 0. The van der Waals surface area contributed by atoms with Gasteiger partial charge in [-0.1, -0.05) is 6.92 Å². The minimum atomic E-state index is 0.606. The highest BCUT2D eigenvalue weighted by Gasteiger charge is 2.18. The molecule has 0 amide bonds. The lowest BCUT2D eigenvalue weighted by Gasteiger charge is -2.33. The summed E-state index contributed by atoms with van der Waals surface area (Å²) in [5, 5.41) is 3.71. The van der Waals surface area contributed by atoms with Gasteiger partial charge in [0.2, 0.25) is 0 Å². The predicted molar refractivity (Wildman–Crippen MR) is 77.1 cm³/mol. The molecule has 1 aromatic heterocycles. The van der Waals surface area contributed by atoms with Crippen LogP contribution in [0.1, 0.15) is 38.7 Å². The van der Waals surface area contributed by atoms with Gasteiger partial charge in [-0.2, -0.15) is 0 Å². The molecule has 1 saturated heterocycles. The SMILES string of the molecule is CCC1CCN(c2cnccc2C)CCC(C)N1. The van der Waals surface area contributed by atoms with Crippen molar-refractivity contribution in [2.45, 2.75) is 52.1 Å². The van der Waals surface area contributed by atoms with Crippen molar-refractivity contribution < 1.29 is 0 Å². The Hall–Kier alpha value is -1.09. The van der Waals surface area contributed by atoms with Crippen molar-refractivity contribution >= 4 is 5.69 Å². The van der Waals surface area contributed by atoms with Gasteiger partial charge in [-0.15, -0.1) is 0 Å². The molecule has 1 fully saturated rings. The first kappa shape index (κ1) is 13.3. The topological polar surface area (TPSA) is 28.2 Å². The molecular formula is C15H25N3. The van der Waals surface area contributed by atoms with Crippen molar-refractivity contribution in [3.05, 3.63) is 24.0 Å². The van der Waals surface area contributed by atoms with E-state index in [1.807, 2.05) is 12.4 Å². The molecule has 1 aromatic rings. The van der Waals surface area contributed by atoms with Gasteiger partial charge in [-0.25, -0.2) is 0 Å². The molecule has 3 nitrogen and oxygen atoms in total. The van der Waals surface area contributed by atoms with Crippen molar-refractivity contribution in [3.63, 3.8) is 0 Å². The lowest BCUT2D eigenvalue weighted by Crippen LogP contribution is -2.44. The van der Waals surface area contributed by atoms with Gasteiger partial charge in [0.05, 0.1) is 11.9 Å². The zero-order valence-corrected chi connectivity index (χ0v) is 11.8. The molecule has 2 heterocycles. The van der Waals surface area contributed by atoms with Crippen molar-refractivity contribution in [3.8, 4) is 0 Å². The maximum absolute atomic E-state index is 4.28. The summed E-state index contributed by atoms with van der Waals surface area (Å²) in [6.45, 7) is 8.99. The Balaban J connectivity index is 2.10. The van der Waals surface area contributed by atoms with Crippen LogP contribution in [0, 0.1) is 6.92 Å². The summed E-state index contributed by atoms with van der Waals surface area (Å²) in [5.41, 5.74) is 2.64. The quantitative estimate of drug-likeness (QED) is 0.871. The molecule has 0 spiro atoms. The Kier molecular flexibility index (Phi) is 4.59. The van der Waals surface area contributed by atoms with Crippen molar-refractivity contribution in [2.24, 2.45) is 0 Å². The third kappa shape index (κ3) is 3.22. The second-order valence-corrected chi connectivity index (χ2v) is 5.40. The highest BCUT2D eigenvalue weighted by molar-refractivity contribution is 5.50. The van der Waals surface area contributed by atoms with E-state index in [2.05, 4.69) is 42.0 Å². The number of nitrogens with zero attached hydrogens (tertiary/aromatic N) is 2. The molecule has 100 valence electrons. The van der Waals surface area contributed by atoms with Gasteiger partial charge in [0.15, 0.2) is 0 Å². The molecule has 0 aliphatic carbocycles. The third-order valence-corrected chi connectivity index (χ3v) is 3.94. The van der Waals surface area contributed by atoms with Crippen molar-refractivity contribution in [1.29, 1.82) is 0 Å². The van der Waals surface area contributed by atoms with Crippen molar-refractivity contribution in [2.75, 3.05) is 18.0 Å². The number of aryl methyl sites for hydroxylation is 1. The van der Waals surface area contributed by atoms with Crippen LogP contribution in [-0.4, -0.2) is 30.2 Å². The maximum Gasteiger partial charge on any atom is 0.0582 e. The molecule has 2 unspecified atom stereocenters. The lowest BCUT2D eigenvalue weighted by molar-refractivity contribution is 0.378. The molecule has 0 radical (unpaired) electrons. The molecular weight excluding hydrogens is 222 g/mol. The second-order valence-electron chi connectivity index (χ2n) is 5.40. The highest BCUT2D eigenvalue weighted by Crippen LogP contribution is 2.21. The lowest BCUT2D eigenvalue weighted by atomic mass is 10.0. The highest BCUT2D eigenvalue weighted by atomic mass is 15.1. The summed E-state index contributed by atoms with van der Waals surface area (Å²) >= 11 is 0. The van der Waals surface area contributed by atoms with E-state index in [-0.39, 0.29) is 0 Å². The molecule has 1 aliphatic heterocycles. The zero-order valence-electron chi connectivity index (χ0n) is 11.8. The predicted octanol–water partition coefficient (Wildman–Crippen LogP) is 2.75. The Bertz CT molecular complexity index is 378. The molecule has 18 heavy (non-hydrogen) atoms. The van der Waals surface area contributed by atoms with E-state index in [0.29, 0.717) is 12.1 Å². The molecule has 0 saturated carbocycles. The number of hydrogen-bond donors (Lipinski definition) is 1. The molecule has 2 rings (SSSR count). The van der Waals surface area contributed by atoms with Gasteiger partial charge in [-0.3, -0.25) is 4.98 Å². The van der Waals surface area contributed by atoms with Crippen LogP contribution < -0.4 is 10.2 Å². The first-order chi connectivity index (χ1) is 8.70. The summed E-state index contributed by atoms with van der Waals surface area (Å²) < 4.78 is 0. The molecule has 3 heteroatoms. The molecule has 1 N–H and O–H groups in total. The van der Waals surface area contributed by atoms with Crippen LogP contribution in [0.15, 0.2) is 18.5 Å². The van der Waals surface area contributed by atoms with Gasteiger partial charge in [0.25, 0.3) is 0 Å². The van der Waals surface area contributed by atoms with Gasteiger partial charge < -0.3 is 10.2 Å². The minimum absolute atomic E-state index is 0.606. The average Bonchev–Trinajstić information content (AvgIpc) is 2.36. The Labute approximate surface area is 111 Å². The minimum Gasteiger partial charge on any atom is -0.370 e. The molecule has 0 bridgehead atoms. The number of pyridine rings is 1. The van der Waals surface area contributed by atoms with Crippen LogP contribution in [0.5, 0.6) is 0 Å². The van der Waals surface area contributed by atoms with Gasteiger partial charge in [0, 0.05) is 31.4 Å². The van der Waals surface area contributed by atoms with Gasteiger partial charge in [-0.05, 0) is 44.7 Å². The first-order valence-electron chi connectivity index (χ1n) is 7.12. The zero-order chi connectivity index (χ0) is 13.0. The Morgan fingerprint density at radius 1 is 1.39 bits per heavy atom. The number of rotatable bonds is 2. The van der Waals surface area contributed by atoms with Crippen LogP contribution in [0.25, 0.3) is 0 Å². The fraction of sp³-hybridized carbons (Fsp3) is 0.667. The maximum atomic E-state index is 4.28. The normalized spacial score (nSPS) is 25.6. The van der Waals surface area contributed by atoms with Crippen LogP contribution in [0.3, 0.4) is 0 Å². The van der Waals surface area contributed by atoms with E-state index in [9.17, 15) is 0 Å². The number of nitrogens with one attached hydrogen (secondary N) is 1. The van der Waals surface area contributed by atoms with E-state index >= 15 is 0 Å². The number of aromatic nitrogens is 1. The van der Waals surface area contributed by atoms with Crippen LogP contribution in [0.2, 0.25) is 0 Å². The van der Waals surface area contributed by atoms with Gasteiger partial charge in [0.1, 0.15) is 0 Å². The summed E-state index contributed by atoms with van der Waals surface area (Å²) in [6.07, 6.45) is 7.52. The fourth-order valence-corrected chi connectivity index (χ4v) is 2.69. The summed E-state index contributed by atoms with van der Waals surface area (Å²) in [6, 6.07) is 3.36. The van der Waals surface area contributed by atoms with E-state index in [0.717, 1.165) is 13.1 Å². The summed E-state index contributed by atoms with van der Waals surface area (Å²) in [7, 11) is 0. The second kappa shape index (κ2) is 6.19. The first-order valence-corrected chi connectivity index (χ1v) is 7.12. The number of hydrogen-bond acceptors (Lipinski definition) is 3. The molecule has 1 aliphatic rings. The smallest absolute Gasteiger partial charge is 0.0582 e. The van der Waals surface area contributed by atoms with E-state index < -0.39 is 0 Å². The fourth-order valence-electron chi connectivity index (χ4n) is 2.69. The van der Waals surface area contributed by atoms with E-state index in [1.54, 1.807) is 0 Å². The Morgan fingerprint density at radius 3 is 2.89 bits per heavy atom. The van der Waals surface area contributed by atoms with Crippen LogP contribution >= 0.6 is 0 Å².